The number of nitrogens with zero attached hydrogens (tertiary/aromatic N) is 8. The summed E-state index contributed by atoms with van der Waals surface area (Å²) in [5.41, 5.74) is 12.1. The van der Waals surface area contributed by atoms with Crippen molar-refractivity contribution in [3.8, 4) is 22.4 Å². The molecule has 1 unspecified atom stereocenters. The van der Waals surface area contributed by atoms with Crippen LogP contribution in [0.5, 0.6) is 0 Å². The summed E-state index contributed by atoms with van der Waals surface area (Å²) in [4.78, 5) is 74.4. The first-order valence-corrected chi connectivity index (χ1v) is 34.0. The molecule has 2 aromatic heterocycles. The minimum atomic E-state index is -1.25. The first-order valence-electron chi connectivity index (χ1n) is 32.9. The zero-order valence-electron chi connectivity index (χ0n) is 52.4. The van der Waals surface area contributed by atoms with Crippen molar-refractivity contribution in [2.45, 2.75) is 192 Å². The molecule has 1 spiro atoms. The molecule has 3 amide bonds. The number of piperazine rings is 1. The summed E-state index contributed by atoms with van der Waals surface area (Å²) in [5.74, 6) is -0.108. The van der Waals surface area contributed by atoms with Crippen LogP contribution in [0.15, 0.2) is 54.7 Å². The molecule has 9 aliphatic rings. The maximum absolute atomic E-state index is 15.5. The number of hydrogen-bond donors (Lipinski definition) is 2. The van der Waals surface area contributed by atoms with Crippen LogP contribution in [-0.4, -0.2) is 175 Å². The molecular weight excluding hydrogens is 1100 g/mol. The zero-order chi connectivity index (χ0) is 60.0. The van der Waals surface area contributed by atoms with Crippen molar-refractivity contribution in [1.82, 2.24) is 44.3 Å². The fourth-order valence-corrected chi connectivity index (χ4v) is 17.9. The van der Waals surface area contributed by atoms with Crippen LogP contribution in [-0.2, 0) is 59.4 Å². The summed E-state index contributed by atoms with van der Waals surface area (Å²) in [5, 5.41) is 6.10. The molecule has 464 valence electrons. The number of cyclic esters (lactones) is 1. The van der Waals surface area contributed by atoms with E-state index in [2.05, 4.69) is 106 Å². The molecule has 13 rings (SSSR count). The SMILES string of the molecule is CCn1c(-c2cc(N3CCN4CCC[C@@H]4C3)cnc2[C@H](C)OC)c2c3cc(ccc31)-c1cccc(c1)C[C@H](NC(=O)[C@H](C1CCCC1)N1CC[C@]3(CCN(C(=O)[C@H]4[C@@H](C5CC5)N4[S@+]([O-])C(C)(C)C)C3)C1)C(=O)N1CCC[C@H](N1)C(=O)OCC(C)(C)C2. The van der Waals surface area contributed by atoms with Crippen molar-refractivity contribution in [1.29, 1.82) is 0 Å². The van der Waals surface area contributed by atoms with Crippen LogP contribution in [0.3, 0.4) is 0 Å². The van der Waals surface area contributed by atoms with Gasteiger partial charge in [0.2, 0.25) is 11.8 Å². The Morgan fingerprint density at radius 1 is 0.919 bits per heavy atom. The molecule has 2 saturated carbocycles. The number of hydrazine groups is 1. The van der Waals surface area contributed by atoms with Crippen LogP contribution in [0, 0.1) is 22.7 Å². The Morgan fingerprint density at radius 2 is 1.70 bits per heavy atom. The lowest BCUT2D eigenvalue weighted by molar-refractivity contribution is -0.155. The lowest BCUT2D eigenvalue weighted by Crippen LogP contribution is -2.62. The third-order valence-electron chi connectivity index (χ3n) is 21.2. The highest BCUT2D eigenvalue weighted by Gasteiger charge is 2.68. The molecule has 18 heteroatoms. The lowest BCUT2D eigenvalue weighted by Gasteiger charge is -2.39. The Kier molecular flexibility index (Phi) is 16.5. The number of esters is 1. The molecule has 2 aromatic carbocycles. The monoisotopic (exact) mass is 1190 g/mol. The van der Waals surface area contributed by atoms with Gasteiger partial charge in [-0.15, -0.1) is 4.31 Å². The van der Waals surface area contributed by atoms with E-state index in [4.69, 9.17) is 14.5 Å². The maximum Gasteiger partial charge on any atom is 0.324 e. The van der Waals surface area contributed by atoms with Gasteiger partial charge in [-0.2, -0.15) is 0 Å². The van der Waals surface area contributed by atoms with Gasteiger partial charge in [-0.3, -0.25) is 39.0 Å². The van der Waals surface area contributed by atoms with Gasteiger partial charge in [0.15, 0.2) is 6.04 Å². The van der Waals surface area contributed by atoms with Gasteiger partial charge >= 0.3 is 5.97 Å². The number of aromatic nitrogens is 2. The highest BCUT2D eigenvalue weighted by atomic mass is 32.2. The summed E-state index contributed by atoms with van der Waals surface area (Å²) >= 11 is -1.25. The number of aryl methyl sites for hydroxylation is 1. The second kappa shape index (κ2) is 23.7. The summed E-state index contributed by atoms with van der Waals surface area (Å²) in [6, 6.07) is 15.8. The van der Waals surface area contributed by atoms with E-state index in [1.54, 1.807) is 12.1 Å². The standard InChI is InChI=1S/C68H94N10O7S/c1-9-76-56-24-23-48-35-51(56)53(60(76)52-36-50(38-69-57(52)43(2)84-8)73-32-31-72-27-13-19-49(72)39-73)37-67(6,7)42-85-65(82)54-20-14-28-77(71-54)63(80)55(34-44-15-12-18-47(48)33-44)70-62(79)59(45-16-10-11-17-45)74-29-25-68(40-74)26-30-75(41-68)64(81)61-58(46-21-22-46)78(61)86(83)66(3,4)5/h12,15,18,23-24,33,35-36,38,43,45-46,49,54-55,58-59,61,71H,9-11,13-14,16-17,19-22,25-32,34,37,39-42H2,1-8H3,(H,70,79)/t43-,49+,54-,55-,58+,59-,61+,68-,78?,86+/m0/s1. The molecule has 17 nitrogen and oxygen atoms in total. The predicted molar refractivity (Wildman–Crippen MR) is 336 cm³/mol. The number of ether oxygens (including phenoxy) is 2. The number of amides is 3. The van der Waals surface area contributed by atoms with Gasteiger partial charge in [0.25, 0.3) is 5.91 Å². The highest BCUT2D eigenvalue weighted by molar-refractivity contribution is 7.90. The number of carbonyl (C=O) groups is 4. The number of anilines is 1. The molecule has 6 saturated heterocycles. The Balaban J connectivity index is 0.815. The third kappa shape index (κ3) is 11.6. The summed E-state index contributed by atoms with van der Waals surface area (Å²) < 4.78 is 30.1. The topological polar surface area (TPSA) is 171 Å². The van der Waals surface area contributed by atoms with E-state index in [1.165, 1.54) is 24.9 Å². The minimum absolute atomic E-state index is 0.0651. The third-order valence-corrected chi connectivity index (χ3v) is 23.1. The Hall–Kier alpha value is -5.08. The minimum Gasteiger partial charge on any atom is -0.597 e. The van der Waals surface area contributed by atoms with Crippen LogP contribution in [0.2, 0.25) is 0 Å². The highest BCUT2D eigenvalue weighted by Crippen LogP contribution is 2.52. The van der Waals surface area contributed by atoms with Crippen LogP contribution in [0.1, 0.15) is 148 Å². The van der Waals surface area contributed by atoms with E-state index in [0.717, 1.165) is 134 Å². The fraction of sp³-hybridized carbons (Fsp3) is 0.662. The van der Waals surface area contributed by atoms with Gasteiger partial charge < -0.3 is 33.7 Å². The number of benzene rings is 2. The van der Waals surface area contributed by atoms with E-state index in [0.29, 0.717) is 57.4 Å². The molecular formula is C68H94N10O7S. The number of fused-ring (bicyclic) bond motifs is 7. The number of carbonyl (C=O) groups excluding carboxylic acids is 4. The maximum atomic E-state index is 15.5. The lowest BCUT2D eigenvalue weighted by atomic mass is 9.84. The van der Waals surface area contributed by atoms with E-state index in [9.17, 15) is 14.1 Å². The number of likely N-dealkylation sites (tertiary alicyclic amines) is 2. The van der Waals surface area contributed by atoms with E-state index in [-0.39, 0.29) is 60.3 Å². The first-order chi connectivity index (χ1) is 41.3. The van der Waals surface area contributed by atoms with Crippen LogP contribution >= 0.6 is 0 Å². The molecule has 86 heavy (non-hydrogen) atoms. The number of methoxy groups -OCH3 is 1. The van der Waals surface area contributed by atoms with Gasteiger partial charge in [-0.05, 0) is 171 Å². The van der Waals surface area contributed by atoms with E-state index < -0.39 is 45.6 Å². The average molecular weight is 1200 g/mol. The summed E-state index contributed by atoms with van der Waals surface area (Å²) in [6.07, 6.45) is 14.1. The van der Waals surface area contributed by atoms with Gasteiger partial charge in [0.05, 0.1) is 48.1 Å². The average Bonchev–Trinajstić information content (AvgIpc) is 1.72. The van der Waals surface area contributed by atoms with E-state index >= 15 is 9.59 Å². The second-order valence-corrected chi connectivity index (χ2v) is 31.2. The smallest absolute Gasteiger partial charge is 0.324 e. The van der Waals surface area contributed by atoms with Gasteiger partial charge in [0, 0.05) is 111 Å². The predicted octanol–water partition coefficient (Wildman–Crippen LogP) is 8.44. The summed E-state index contributed by atoms with van der Waals surface area (Å²) in [6.45, 7) is 22.8. The first kappa shape index (κ1) is 59.9. The van der Waals surface area contributed by atoms with Crippen molar-refractivity contribution in [2.24, 2.45) is 22.7 Å². The van der Waals surface area contributed by atoms with Crippen molar-refractivity contribution in [3.05, 3.63) is 71.5 Å². The van der Waals surface area contributed by atoms with Gasteiger partial charge in [0.1, 0.15) is 16.8 Å². The molecule has 10 atom stereocenters. The second-order valence-electron chi connectivity index (χ2n) is 29.0. The molecule has 2 N–H and O–H groups in total. The number of hydrogen-bond acceptors (Lipinski definition) is 13. The van der Waals surface area contributed by atoms with Crippen molar-refractivity contribution in [2.75, 3.05) is 77.5 Å². The van der Waals surface area contributed by atoms with Crippen LogP contribution < -0.4 is 15.6 Å². The van der Waals surface area contributed by atoms with Gasteiger partial charge in [-0.1, -0.05) is 57.0 Å². The van der Waals surface area contributed by atoms with Crippen molar-refractivity contribution in [3.63, 3.8) is 0 Å². The number of rotatable bonds is 12. The zero-order valence-corrected chi connectivity index (χ0v) is 53.2. The van der Waals surface area contributed by atoms with Gasteiger partial charge in [-0.25, -0.2) is 5.43 Å². The van der Waals surface area contributed by atoms with Crippen LogP contribution in [0.25, 0.3) is 33.3 Å². The van der Waals surface area contributed by atoms with Crippen molar-refractivity contribution >= 4 is 51.6 Å². The fourth-order valence-electron chi connectivity index (χ4n) is 16.4. The number of pyridine rings is 1. The molecule has 6 bridgehead atoms. The molecule has 8 fully saturated rings. The normalized spacial score (nSPS) is 29.5. The number of nitrogens with one attached hydrogen (secondary N) is 2. The molecule has 2 aliphatic carbocycles. The Bertz CT molecular complexity index is 3230. The van der Waals surface area contributed by atoms with Crippen molar-refractivity contribution < 1.29 is 33.2 Å². The van der Waals surface area contributed by atoms with E-state index in [1.807, 2.05) is 36.2 Å². The quantitative estimate of drug-likeness (QED) is 0.0788. The molecule has 7 aliphatic heterocycles. The largest absolute Gasteiger partial charge is 0.597 e. The molecule has 9 heterocycles. The van der Waals surface area contributed by atoms with Crippen LogP contribution in [0.4, 0.5) is 5.69 Å². The Labute approximate surface area is 512 Å². The summed E-state index contributed by atoms with van der Waals surface area (Å²) in [7, 11) is 1.75. The molecule has 4 aromatic rings. The Morgan fingerprint density at radius 3 is 2.47 bits per heavy atom. The molecule has 0 radical (unpaired) electrons.